The van der Waals surface area contributed by atoms with Crippen LogP contribution < -0.4 is 15.8 Å². The second-order valence-corrected chi connectivity index (χ2v) is 5.71. The molecule has 0 aliphatic rings. The average molecular weight is 255 g/mol. The predicted octanol–water partition coefficient (Wildman–Crippen LogP) is 2.62. The first-order valence-electron chi connectivity index (χ1n) is 5.61. The van der Waals surface area contributed by atoms with Crippen molar-refractivity contribution in [1.82, 2.24) is 4.98 Å². The van der Waals surface area contributed by atoms with Crippen LogP contribution in [0.5, 0.6) is 5.88 Å². The summed E-state index contributed by atoms with van der Waals surface area (Å²) < 4.78 is 5.70. The van der Waals surface area contributed by atoms with E-state index in [1.54, 1.807) is 11.8 Å². The number of nitrogen functional groups attached to an aromatic ring is 1. The molecule has 1 heterocycles. The highest BCUT2D eigenvalue weighted by atomic mass is 32.2. The minimum atomic E-state index is -0.293. The largest absolute Gasteiger partial charge is 0.470 e. The van der Waals surface area contributed by atoms with Crippen molar-refractivity contribution in [3.63, 3.8) is 0 Å². The first-order valence-corrected chi connectivity index (χ1v) is 7.00. The van der Waals surface area contributed by atoms with Crippen molar-refractivity contribution in [3.05, 3.63) is 12.1 Å². The van der Waals surface area contributed by atoms with Gasteiger partial charge in [0.25, 0.3) is 0 Å². The number of aromatic nitrogens is 1. The minimum absolute atomic E-state index is 0.293. The minimum Gasteiger partial charge on any atom is -0.470 e. The molecule has 96 valence electrons. The summed E-state index contributed by atoms with van der Waals surface area (Å²) in [6.45, 7) is 6.80. The third kappa shape index (κ3) is 5.17. The van der Waals surface area contributed by atoms with Gasteiger partial charge in [0.15, 0.2) is 0 Å². The van der Waals surface area contributed by atoms with E-state index in [1.807, 2.05) is 32.9 Å². The van der Waals surface area contributed by atoms with Crippen molar-refractivity contribution in [1.29, 1.82) is 0 Å². The van der Waals surface area contributed by atoms with Crippen molar-refractivity contribution in [2.75, 3.05) is 29.6 Å². The van der Waals surface area contributed by atoms with Crippen molar-refractivity contribution in [2.45, 2.75) is 26.4 Å². The number of ether oxygens (including phenoxy) is 1. The van der Waals surface area contributed by atoms with Crippen LogP contribution in [0.1, 0.15) is 20.8 Å². The molecule has 0 saturated heterocycles. The summed E-state index contributed by atoms with van der Waals surface area (Å²) in [4.78, 5) is 4.36. The van der Waals surface area contributed by atoms with Crippen molar-refractivity contribution in [2.24, 2.45) is 0 Å². The van der Waals surface area contributed by atoms with Crippen LogP contribution in [0.15, 0.2) is 12.1 Å². The number of nitrogens with zero attached hydrogens (tertiary/aromatic N) is 1. The van der Waals surface area contributed by atoms with E-state index in [1.165, 1.54) is 0 Å². The lowest BCUT2D eigenvalue weighted by Gasteiger charge is -2.21. The number of hydrogen-bond acceptors (Lipinski definition) is 5. The molecule has 0 atom stereocenters. The summed E-state index contributed by atoms with van der Waals surface area (Å²) in [6.07, 6.45) is 2.08. The van der Waals surface area contributed by atoms with Gasteiger partial charge >= 0.3 is 0 Å². The second-order valence-electron chi connectivity index (χ2n) is 4.72. The lowest BCUT2D eigenvalue weighted by Crippen LogP contribution is -2.24. The predicted molar refractivity (Wildman–Crippen MR) is 75.9 cm³/mol. The number of anilines is 2. The molecule has 0 fully saturated rings. The van der Waals surface area contributed by atoms with Gasteiger partial charge in [0.2, 0.25) is 5.88 Å². The lowest BCUT2D eigenvalue weighted by atomic mass is 10.2. The Morgan fingerprint density at radius 1 is 1.41 bits per heavy atom. The van der Waals surface area contributed by atoms with Crippen molar-refractivity contribution >= 4 is 23.3 Å². The Hall–Kier alpha value is -1.10. The van der Waals surface area contributed by atoms with Gasteiger partial charge in [0.1, 0.15) is 11.4 Å². The van der Waals surface area contributed by atoms with Gasteiger partial charge in [-0.2, -0.15) is 16.7 Å². The van der Waals surface area contributed by atoms with E-state index < -0.39 is 0 Å². The van der Waals surface area contributed by atoms with Crippen LogP contribution in [-0.4, -0.2) is 29.1 Å². The van der Waals surface area contributed by atoms with Gasteiger partial charge in [-0.3, -0.25) is 0 Å². The van der Waals surface area contributed by atoms with E-state index in [-0.39, 0.29) is 5.60 Å². The first kappa shape index (κ1) is 14.0. The van der Waals surface area contributed by atoms with Gasteiger partial charge in [-0.1, -0.05) is 0 Å². The number of nitrogens with one attached hydrogen (secondary N) is 1. The number of hydrogen-bond donors (Lipinski definition) is 2. The zero-order valence-electron chi connectivity index (χ0n) is 10.9. The Bertz CT molecular complexity index is 363. The molecule has 0 unspecified atom stereocenters. The Balaban J connectivity index is 2.72. The van der Waals surface area contributed by atoms with Gasteiger partial charge in [0, 0.05) is 12.3 Å². The summed E-state index contributed by atoms with van der Waals surface area (Å²) in [5, 5.41) is 3.23. The van der Waals surface area contributed by atoms with E-state index in [0.717, 1.165) is 18.1 Å². The fourth-order valence-corrected chi connectivity index (χ4v) is 1.51. The summed E-state index contributed by atoms with van der Waals surface area (Å²) in [5.41, 5.74) is 6.10. The third-order valence-corrected chi connectivity index (χ3v) is 2.52. The maximum absolute atomic E-state index is 5.83. The smallest absolute Gasteiger partial charge is 0.239 e. The van der Waals surface area contributed by atoms with E-state index in [2.05, 4.69) is 16.6 Å². The van der Waals surface area contributed by atoms with E-state index >= 15 is 0 Å². The number of pyridine rings is 1. The monoisotopic (exact) mass is 255 g/mol. The Kier molecular flexibility index (Phi) is 4.93. The third-order valence-electron chi connectivity index (χ3n) is 1.90. The van der Waals surface area contributed by atoms with Gasteiger partial charge < -0.3 is 15.8 Å². The summed E-state index contributed by atoms with van der Waals surface area (Å²) >= 11 is 1.79. The van der Waals surface area contributed by atoms with Crippen LogP contribution in [0.25, 0.3) is 0 Å². The molecule has 0 amide bonds. The molecule has 0 aliphatic heterocycles. The molecule has 4 nitrogen and oxygen atoms in total. The number of rotatable bonds is 5. The van der Waals surface area contributed by atoms with Crippen LogP contribution >= 0.6 is 11.8 Å². The number of thioether (sulfide) groups is 1. The van der Waals surface area contributed by atoms with Crippen LogP contribution in [0, 0.1) is 0 Å². The molecule has 1 aromatic heterocycles. The van der Waals surface area contributed by atoms with Crippen molar-refractivity contribution in [3.8, 4) is 5.88 Å². The normalized spacial score (nSPS) is 11.3. The molecule has 17 heavy (non-hydrogen) atoms. The lowest BCUT2D eigenvalue weighted by molar-refractivity contribution is 0.125. The second kappa shape index (κ2) is 6.00. The van der Waals surface area contributed by atoms with Gasteiger partial charge in [-0.05, 0) is 39.2 Å². The molecule has 3 N–H and O–H groups in total. The van der Waals surface area contributed by atoms with Crippen LogP contribution in [0.3, 0.4) is 0 Å². The fraction of sp³-hybridized carbons (Fsp3) is 0.583. The quantitative estimate of drug-likeness (QED) is 0.792. The Morgan fingerprint density at radius 2 is 2.12 bits per heavy atom. The maximum Gasteiger partial charge on any atom is 0.239 e. The molecule has 1 aromatic rings. The molecule has 0 aromatic carbocycles. The van der Waals surface area contributed by atoms with E-state index in [0.29, 0.717) is 11.6 Å². The molecule has 1 rings (SSSR count). The summed E-state index contributed by atoms with van der Waals surface area (Å²) in [5.74, 6) is 2.33. The SMILES string of the molecule is CSCCNc1ccc(N)c(OC(C)(C)C)n1. The molecule has 0 saturated carbocycles. The standard InChI is InChI=1S/C12H21N3OS/c1-12(2,3)16-11-9(13)5-6-10(15-11)14-7-8-17-4/h5-6H,7-8,13H2,1-4H3,(H,14,15). The van der Waals surface area contributed by atoms with Gasteiger partial charge in [-0.25, -0.2) is 0 Å². The van der Waals surface area contributed by atoms with E-state index in [9.17, 15) is 0 Å². The fourth-order valence-electron chi connectivity index (χ4n) is 1.20. The summed E-state index contributed by atoms with van der Waals surface area (Å²) in [6, 6.07) is 3.68. The summed E-state index contributed by atoms with van der Waals surface area (Å²) in [7, 11) is 0. The Morgan fingerprint density at radius 3 is 2.71 bits per heavy atom. The van der Waals surface area contributed by atoms with Crippen LogP contribution in [0.2, 0.25) is 0 Å². The van der Waals surface area contributed by atoms with Crippen LogP contribution in [-0.2, 0) is 0 Å². The van der Waals surface area contributed by atoms with Gasteiger partial charge in [0.05, 0.1) is 5.69 Å². The molecular weight excluding hydrogens is 234 g/mol. The molecule has 0 aliphatic carbocycles. The highest BCUT2D eigenvalue weighted by molar-refractivity contribution is 7.98. The zero-order valence-corrected chi connectivity index (χ0v) is 11.7. The maximum atomic E-state index is 5.83. The first-order chi connectivity index (χ1) is 7.92. The number of nitrogens with two attached hydrogens (primary N) is 1. The van der Waals surface area contributed by atoms with Crippen molar-refractivity contribution < 1.29 is 4.74 Å². The van der Waals surface area contributed by atoms with E-state index in [4.69, 9.17) is 10.5 Å². The molecule has 0 spiro atoms. The highest BCUT2D eigenvalue weighted by Gasteiger charge is 2.15. The topological polar surface area (TPSA) is 60.2 Å². The molecule has 5 heteroatoms. The highest BCUT2D eigenvalue weighted by Crippen LogP contribution is 2.24. The molecule has 0 bridgehead atoms. The van der Waals surface area contributed by atoms with Gasteiger partial charge in [-0.15, -0.1) is 0 Å². The molecule has 0 radical (unpaired) electrons. The molecular formula is C12H21N3OS. The zero-order chi connectivity index (χ0) is 12.9. The van der Waals surface area contributed by atoms with Crippen LogP contribution in [0.4, 0.5) is 11.5 Å². The average Bonchev–Trinajstić information content (AvgIpc) is 2.21. The Labute approximate surface area is 107 Å².